The van der Waals surface area contributed by atoms with Crippen molar-refractivity contribution in [2.24, 2.45) is 35.0 Å². The zero-order valence-electron chi connectivity index (χ0n) is 19.0. The normalized spacial score (nSPS) is 40.6. The lowest BCUT2D eigenvalue weighted by Gasteiger charge is -2.52. The Kier molecular flexibility index (Phi) is 7.70. The summed E-state index contributed by atoms with van der Waals surface area (Å²) in [6.07, 6.45) is 17.1. The Hall–Kier alpha value is -0.340. The number of aliphatic hydroxyl groups excluding tert-OH is 2. The highest BCUT2D eigenvalue weighted by molar-refractivity contribution is 5.23. The van der Waals surface area contributed by atoms with E-state index >= 15 is 0 Å². The Labute approximate surface area is 174 Å². The highest BCUT2D eigenvalue weighted by Crippen LogP contribution is 2.58. The minimum atomic E-state index is -0.151. The van der Waals surface area contributed by atoms with Gasteiger partial charge in [-0.15, -0.1) is 0 Å². The van der Waals surface area contributed by atoms with E-state index in [0.717, 1.165) is 48.9 Å². The topological polar surface area (TPSA) is 40.5 Å². The smallest absolute Gasteiger partial charge is 0.0577 e. The van der Waals surface area contributed by atoms with E-state index in [-0.39, 0.29) is 12.2 Å². The third-order valence-electron chi connectivity index (χ3n) is 8.99. The summed E-state index contributed by atoms with van der Waals surface area (Å²) in [5.74, 6) is 4.18. The highest BCUT2D eigenvalue weighted by atomic mass is 16.3. The summed E-state index contributed by atoms with van der Waals surface area (Å²) < 4.78 is 0. The van der Waals surface area contributed by atoms with Crippen LogP contribution in [0.5, 0.6) is 0 Å². The van der Waals surface area contributed by atoms with Gasteiger partial charge < -0.3 is 10.2 Å². The molecule has 0 saturated heterocycles. The fourth-order valence-electron chi connectivity index (χ4n) is 7.05. The van der Waals surface area contributed by atoms with E-state index in [2.05, 4.69) is 26.8 Å². The number of fused-ring (bicyclic) bond motifs is 1. The average molecular weight is 391 g/mol. The molecule has 2 heteroatoms. The van der Waals surface area contributed by atoms with Crippen LogP contribution in [0, 0.1) is 35.0 Å². The minimum absolute atomic E-state index is 0.103. The second-order valence-corrected chi connectivity index (χ2v) is 10.9. The minimum Gasteiger partial charge on any atom is -0.393 e. The Balaban J connectivity index is 1.70. The second-order valence-electron chi connectivity index (χ2n) is 10.9. The summed E-state index contributed by atoms with van der Waals surface area (Å²) >= 11 is 0. The van der Waals surface area contributed by atoms with Gasteiger partial charge in [-0.1, -0.05) is 45.3 Å². The van der Waals surface area contributed by atoms with E-state index in [9.17, 15) is 10.2 Å². The predicted molar refractivity (Wildman–Crippen MR) is 118 cm³/mol. The van der Waals surface area contributed by atoms with Crippen molar-refractivity contribution < 1.29 is 10.2 Å². The number of allylic oxidation sites excluding steroid dienone is 1. The molecular formula is C26H46O2. The van der Waals surface area contributed by atoms with Gasteiger partial charge in [0.1, 0.15) is 0 Å². The summed E-state index contributed by atoms with van der Waals surface area (Å²) in [5.41, 5.74) is 1.93. The summed E-state index contributed by atoms with van der Waals surface area (Å²) in [7, 11) is 0. The first kappa shape index (κ1) is 22.3. The van der Waals surface area contributed by atoms with E-state index < -0.39 is 0 Å². The second kappa shape index (κ2) is 9.65. The average Bonchev–Trinajstić information content (AvgIpc) is 3.15. The van der Waals surface area contributed by atoms with E-state index in [1.54, 1.807) is 5.57 Å². The first-order valence-electron chi connectivity index (χ1n) is 12.4. The van der Waals surface area contributed by atoms with Crippen LogP contribution in [0.25, 0.3) is 0 Å². The molecule has 2 nitrogen and oxygen atoms in total. The number of unbranched alkanes of at least 4 members (excludes halogenated alkanes) is 1. The maximum atomic E-state index is 10.2. The van der Waals surface area contributed by atoms with E-state index in [0.29, 0.717) is 5.41 Å². The third-order valence-corrected chi connectivity index (χ3v) is 8.99. The first-order valence-corrected chi connectivity index (χ1v) is 12.4. The number of rotatable bonds is 8. The first-order chi connectivity index (χ1) is 13.3. The Morgan fingerprint density at radius 3 is 2.68 bits per heavy atom. The van der Waals surface area contributed by atoms with E-state index in [1.807, 2.05) is 6.92 Å². The molecule has 0 heterocycles. The van der Waals surface area contributed by atoms with Crippen LogP contribution in [0.2, 0.25) is 0 Å². The van der Waals surface area contributed by atoms with Gasteiger partial charge in [0.2, 0.25) is 0 Å². The number of hydrogen-bond donors (Lipinski definition) is 2. The third kappa shape index (κ3) is 4.86. The molecule has 8 atom stereocenters. The molecule has 0 radical (unpaired) electrons. The molecule has 2 N–H and O–H groups in total. The molecule has 0 aromatic rings. The molecule has 2 fully saturated rings. The SMILES string of the molecule is CCCCC1C(C2CCC(C(C)CCC(C)O)C2)CC=C2CC(O)CCC21C. The van der Waals surface area contributed by atoms with Crippen LogP contribution in [0.1, 0.15) is 105 Å². The molecule has 0 spiro atoms. The fraction of sp³-hybridized carbons (Fsp3) is 0.923. The summed E-state index contributed by atoms with van der Waals surface area (Å²) in [6, 6.07) is 0. The molecule has 3 rings (SSSR count). The molecule has 162 valence electrons. The van der Waals surface area contributed by atoms with E-state index in [1.165, 1.54) is 57.8 Å². The Bertz CT molecular complexity index is 525. The molecule has 0 aromatic heterocycles. The van der Waals surface area contributed by atoms with Crippen LogP contribution in [0.3, 0.4) is 0 Å². The van der Waals surface area contributed by atoms with Crippen molar-refractivity contribution >= 4 is 0 Å². The predicted octanol–water partition coefficient (Wildman–Crippen LogP) is 6.50. The monoisotopic (exact) mass is 390 g/mol. The molecule has 0 amide bonds. The lowest BCUT2D eigenvalue weighted by atomic mass is 9.53. The van der Waals surface area contributed by atoms with E-state index in [4.69, 9.17) is 0 Å². The van der Waals surface area contributed by atoms with Gasteiger partial charge in [0.15, 0.2) is 0 Å². The van der Waals surface area contributed by atoms with Crippen LogP contribution >= 0.6 is 0 Å². The Morgan fingerprint density at radius 1 is 1.18 bits per heavy atom. The van der Waals surface area contributed by atoms with Crippen molar-refractivity contribution in [2.45, 2.75) is 117 Å². The van der Waals surface area contributed by atoms with Crippen LogP contribution in [0.15, 0.2) is 11.6 Å². The quantitative estimate of drug-likeness (QED) is 0.464. The maximum absolute atomic E-state index is 10.2. The maximum Gasteiger partial charge on any atom is 0.0577 e. The molecule has 2 saturated carbocycles. The van der Waals surface area contributed by atoms with Gasteiger partial charge in [0.25, 0.3) is 0 Å². The number of aliphatic hydroxyl groups is 2. The van der Waals surface area contributed by atoms with Gasteiger partial charge >= 0.3 is 0 Å². The van der Waals surface area contributed by atoms with Crippen molar-refractivity contribution in [1.82, 2.24) is 0 Å². The van der Waals surface area contributed by atoms with Crippen LogP contribution in [-0.4, -0.2) is 22.4 Å². The van der Waals surface area contributed by atoms with Gasteiger partial charge in [0, 0.05) is 0 Å². The van der Waals surface area contributed by atoms with Gasteiger partial charge in [0.05, 0.1) is 12.2 Å². The molecule has 0 aromatic carbocycles. The lowest BCUT2D eigenvalue weighted by molar-refractivity contribution is 0.0277. The van der Waals surface area contributed by atoms with Gasteiger partial charge in [-0.05, 0) is 106 Å². The molecular weight excluding hydrogens is 344 g/mol. The van der Waals surface area contributed by atoms with Crippen LogP contribution in [-0.2, 0) is 0 Å². The molecule has 3 aliphatic carbocycles. The Morgan fingerprint density at radius 2 is 1.96 bits per heavy atom. The summed E-state index contributed by atoms with van der Waals surface area (Å²) in [4.78, 5) is 0. The molecule has 0 bridgehead atoms. The largest absolute Gasteiger partial charge is 0.393 e. The van der Waals surface area contributed by atoms with Crippen molar-refractivity contribution in [2.75, 3.05) is 0 Å². The molecule has 8 unspecified atom stereocenters. The van der Waals surface area contributed by atoms with Crippen molar-refractivity contribution in [3.63, 3.8) is 0 Å². The van der Waals surface area contributed by atoms with Crippen molar-refractivity contribution in [3.05, 3.63) is 11.6 Å². The van der Waals surface area contributed by atoms with Crippen molar-refractivity contribution in [3.8, 4) is 0 Å². The fourth-order valence-corrected chi connectivity index (χ4v) is 7.05. The zero-order valence-corrected chi connectivity index (χ0v) is 19.0. The van der Waals surface area contributed by atoms with Gasteiger partial charge in [-0.2, -0.15) is 0 Å². The lowest BCUT2D eigenvalue weighted by Crippen LogP contribution is -2.44. The number of hydrogen-bond acceptors (Lipinski definition) is 2. The molecule has 3 aliphatic rings. The van der Waals surface area contributed by atoms with Crippen LogP contribution in [0.4, 0.5) is 0 Å². The van der Waals surface area contributed by atoms with Gasteiger partial charge in [-0.25, -0.2) is 0 Å². The summed E-state index contributed by atoms with van der Waals surface area (Å²) in [5, 5.41) is 19.9. The summed E-state index contributed by atoms with van der Waals surface area (Å²) in [6.45, 7) is 9.22. The van der Waals surface area contributed by atoms with Gasteiger partial charge in [-0.3, -0.25) is 0 Å². The highest BCUT2D eigenvalue weighted by Gasteiger charge is 2.49. The molecule has 0 aliphatic heterocycles. The molecule has 28 heavy (non-hydrogen) atoms. The van der Waals surface area contributed by atoms with Crippen LogP contribution < -0.4 is 0 Å². The zero-order chi connectivity index (χ0) is 20.3. The standard InChI is InChI=1S/C26H46O2/c1-5-6-7-25-24(13-12-22-17-23(28)14-15-26(22,25)4)21-11-10-20(16-21)18(2)8-9-19(3)27/h12,18-21,23-25,27-28H,5-11,13-17H2,1-4H3. The van der Waals surface area contributed by atoms with Crippen molar-refractivity contribution in [1.29, 1.82) is 0 Å².